The molecule has 0 saturated heterocycles. The first kappa shape index (κ1) is 11.8. The van der Waals surface area contributed by atoms with Crippen molar-refractivity contribution in [1.29, 1.82) is 0 Å². The molecular weight excluding hydrogens is 196 g/mol. The standard InChI is InChI=1S/C15H24O/c1-12-5-4-6-13(2)10-16-11-15(3)9-14(15)8-7-12/h5,10,14H,4,6-9,11H2,1-3H3/b12-5-,13-10-. The first-order chi connectivity index (χ1) is 7.60. The molecule has 1 fully saturated rings. The highest BCUT2D eigenvalue weighted by atomic mass is 16.5. The van der Waals surface area contributed by atoms with Gasteiger partial charge < -0.3 is 4.74 Å². The minimum Gasteiger partial charge on any atom is -0.501 e. The van der Waals surface area contributed by atoms with Crippen LogP contribution in [-0.4, -0.2) is 6.61 Å². The molecule has 0 amide bonds. The third kappa shape index (κ3) is 2.90. The Morgan fingerprint density at radius 2 is 2.06 bits per heavy atom. The van der Waals surface area contributed by atoms with Gasteiger partial charge in [-0.2, -0.15) is 0 Å². The summed E-state index contributed by atoms with van der Waals surface area (Å²) < 4.78 is 5.72. The Hall–Kier alpha value is -0.720. The maximum absolute atomic E-state index is 5.72. The van der Waals surface area contributed by atoms with Crippen LogP contribution in [-0.2, 0) is 4.74 Å². The van der Waals surface area contributed by atoms with Crippen LogP contribution in [0.4, 0.5) is 0 Å². The normalized spacial score (nSPS) is 42.3. The molecule has 1 saturated carbocycles. The molecule has 0 spiro atoms. The number of fused-ring (bicyclic) bond motifs is 1. The van der Waals surface area contributed by atoms with Gasteiger partial charge in [-0.3, -0.25) is 0 Å². The van der Waals surface area contributed by atoms with Gasteiger partial charge in [-0.1, -0.05) is 18.6 Å². The Kier molecular flexibility index (Phi) is 3.41. The maximum atomic E-state index is 5.72. The molecule has 1 heteroatoms. The highest BCUT2D eigenvalue weighted by molar-refractivity contribution is 5.06. The lowest BCUT2D eigenvalue weighted by molar-refractivity contribution is 0.177. The molecule has 0 bridgehead atoms. The van der Waals surface area contributed by atoms with Gasteiger partial charge in [0.25, 0.3) is 0 Å². The molecule has 1 aliphatic heterocycles. The molecule has 0 N–H and O–H groups in total. The Balaban J connectivity index is 1.99. The quantitative estimate of drug-likeness (QED) is 0.548. The van der Waals surface area contributed by atoms with E-state index in [-0.39, 0.29) is 0 Å². The lowest BCUT2D eigenvalue weighted by Crippen LogP contribution is -2.07. The molecule has 0 aromatic heterocycles. The Bertz CT molecular complexity index is 313. The van der Waals surface area contributed by atoms with Crippen LogP contribution in [0.25, 0.3) is 0 Å². The fourth-order valence-electron chi connectivity index (χ4n) is 2.61. The summed E-state index contributed by atoms with van der Waals surface area (Å²) in [6.45, 7) is 7.73. The van der Waals surface area contributed by atoms with E-state index >= 15 is 0 Å². The minimum absolute atomic E-state index is 0.469. The average molecular weight is 220 g/mol. The first-order valence-electron chi connectivity index (χ1n) is 6.53. The van der Waals surface area contributed by atoms with Crippen molar-refractivity contribution >= 4 is 0 Å². The maximum Gasteiger partial charge on any atom is 0.0929 e. The molecule has 2 rings (SSSR count). The number of hydrogen-bond acceptors (Lipinski definition) is 1. The average Bonchev–Trinajstić information content (AvgIpc) is 2.85. The largest absolute Gasteiger partial charge is 0.501 e. The van der Waals surface area contributed by atoms with Crippen LogP contribution in [0.15, 0.2) is 23.5 Å². The van der Waals surface area contributed by atoms with E-state index in [9.17, 15) is 0 Å². The van der Waals surface area contributed by atoms with Gasteiger partial charge >= 0.3 is 0 Å². The predicted octanol–water partition coefficient (Wildman–Crippen LogP) is 4.45. The van der Waals surface area contributed by atoms with Gasteiger partial charge in [0.1, 0.15) is 0 Å². The summed E-state index contributed by atoms with van der Waals surface area (Å²) in [4.78, 5) is 0. The third-order valence-electron chi connectivity index (χ3n) is 4.15. The second-order valence-electron chi connectivity index (χ2n) is 5.96. The van der Waals surface area contributed by atoms with E-state index in [0.717, 1.165) is 18.9 Å². The van der Waals surface area contributed by atoms with Crippen LogP contribution in [0.1, 0.15) is 52.9 Å². The summed E-state index contributed by atoms with van der Waals surface area (Å²) in [5, 5.41) is 0. The lowest BCUT2D eigenvalue weighted by Gasteiger charge is -2.13. The molecule has 0 aromatic rings. The van der Waals surface area contributed by atoms with Crippen LogP contribution < -0.4 is 0 Å². The molecule has 0 aromatic carbocycles. The Labute approximate surface area is 99.6 Å². The van der Waals surface area contributed by atoms with Crippen molar-refractivity contribution < 1.29 is 4.74 Å². The van der Waals surface area contributed by atoms with Gasteiger partial charge in [-0.25, -0.2) is 0 Å². The van der Waals surface area contributed by atoms with E-state index in [1.807, 2.05) is 6.26 Å². The van der Waals surface area contributed by atoms with Crippen molar-refractivity contribution in [1.82, 2.24) is 0 Å². The van der Waals surface area contributed by atoms with Gasteiger partial charge in [0.05, 0.1) is 12.9 Å². The van der Waals surface area contributed by atoms with Crippen LogP contribution in [0.5, 0.6) is 0 Å². The zero-order valence-corrected chi connectivity index (χ0v) is 10.9. The molecule has 1 heterocycles. The number of allylic oxidation sites excluding steroid dienone is 3. The van der Waals surface area contributed by atoms with Crippen LogP contribution >= 0.6 is 0 Å². The second-order valence-corrected chi connectivity index (χ2v) is 5.96. The number of ether oxygens (including phenoxy) is 1. The smallest absolute Gasteiger partial charge is 0.0929 e. The Morgan fingerprint density at radius 1 is 1.25 bits per heavy atom. The summed E-state index contributed by atoms with van der Waals surface area (Å²) in [6, 6.07) is 0. The van der Waals surface area contributed by atoms with Crippen molar-refractivity contribution in [2.45, 2.75) is 52.9 Å². The summed E-state index contributed by atoms with van der Waals surface area (Å²) in [5.74, 6) is 0.893. The molecule has 2 unspecified atom stereocenters. The van der Waals surface area contributed by atoms with Crippen molar-refractivity contribution in [3.8, 4) is 0 Å². The summed E-state index contributed by atoms with van der Waals surface area (Å²) >= 11 is 0. The first-order valence-corrected chi connectivity index (χ1v) is 6.53. The van der Waals surface area contributed by atoms with Crippen LogP contribution in [0, 0.1) is 11.3 Å². The Morgan fingerprint density at radius 3 is 2.88 bits per heavy atom. The van der Waals surface area contributed by atoms with E-state index in [4.69, 9.17) is 4.74 Å². The fourth-order valence-corrected chi connectivity index (χ4v) is 2.61. The van der Waals surface area contributed by atoms with Gasteiger partial charge in [-0.05, 0) is 57.4 Å². The molecule has 1 aliphatic carbocycles. The second kappa shape index (κ2) is 4.65. The van der Waals surface area contributed by atoms with Crippen molar-refractivity contribution in [2.24, 2.45) is 11.3 Å². The zero-order valence-electron chi connectivity index (χ0n) is 10.9. The molecule has 1 nitrogen and oxygen atoms in total. The molecule has 90 valence electrons. The van der Waals surface area contributed by atoms with Gasteiger partial charge in [0, 0.05) is 5.41 Å². The van der Waals surface area contributed by atoms with Crippen molar-refractivity contribution in [3.05, 3.63) is 23.5 Å². The number of rotatable bonds is 0. The lowest BCUT2D eigenvalue weighted by atomic mass is 10.0. The highest BCUT2D eigenvalue weighted by Gasteiger charge is 2.49. The highest BCUT2D eigenvalue weighted by Crippen LogP contribution is 2.55. The monoisotopic (exact) mass is 220 g/mol. The van der Waals surface area contributed by atoms with Crippen LogP contribution in [0.2, 0.25) is 0 Å². The van der Waals surface area contributed by atoms with Gasteiger partial charge in [0.2, 0.25) is 0 Å². The van der Waals surface area contributed by atoms with Gasteiger partial charge in [0.15, 0.2) is 0 Å². The molecule has 2 aliphatic rings. The van der Waals surface area contributed by atoms with Crippen LogP contribution in [0.3, 0.4) is 0 Å². The van der Waals surface area contributed by atoms with Gasteiger partial charge in [-0.15, -0.1) is 0 Å². The van der Waals surface area contributed by atoms with E-state index in [0.29, 0.717) is 5.41 Å². The summed E-state index contributed by atoms with van der Waals surface area (Å²) in [6.07, 6.45) is 10.7. The molecule has 2 atom stereocenters. The summed E-state index contributed by atoms with van der Waals surface area (Å²) in [7, 11) is 0. The summed E-state index contributed by atoms with van der Waals surface area (Å²) in [5.41, 5.74) is 3.41. The fraction of sp³-hybridized carbons (Fsp3) is 0.733. The number of hydrogen-bond donors (Lipinski definition) is 0. The van der Waals surface area contributed by atoms with Crippen molar-refractivity contribution in [3.63, 3.8) is 0 Å². The van der Waals surface area contributed by atoms with E-state index in [1.54, 1.807) is 5.57 Å². The SMILES string of the molecule is C/C1=C/OCC2(C)CC2CC/C(C)=C\CC1. The van der Waals surface area contributed by atoms with E-state index in [1.165, 1.54) is 31.3 Å². The zero-order chi connectivity index (χ0) is 11.6. The molecular formula is C15H24O. The molecule has 0 radical (unpaired) electrons. The van der Waals surface area contributed by atoms with E-state index in [2.05, 4.69) is 26.8 Å². The van der Waals surface area contributed by atoms with E-state index < -0.39 is 0 Å². The minimum atomic E-state index is 0.469. The molecule has 16 heavy (non-hydrogen) atoms. The topological polar surface area (TPSA) is 9.23 Å². The third-order valence-corrected chi connectivity index (χ3v) is 4.15. The van der Waals surface area contributed by atoms with Crippen molar-refractivity contribution in [2.75, 3.05) is 6.61 Å². The predicted molar refractivity (Wildman–Crippen MR) is 68.1 cm³/mol.